The Morgan fingerprint density at radius 1 is 1.50 bits per heavy atom. The first-order chi connectivity index (χ1) is 6.72. The normalized spacial score (nSPS) is 16.8. The van der Waals surface area contributed by atoms with Gasteiger partial charge in [-0.15, -0.1) is 11.3 Å². The molecule has 1 fully saturated rings. The van der Waals surface area contributed by atoms with Crippen molar-refractivity contribution in [2.45, 2.75) is 26.8 Å². The number of nitrogens with one attached hydrogen (secondary N) is 1. The van der Waals surface area contributed by atoms with E-state index in [0.29, 0.717) is 6.04 Å². The van der Waals surface area contributed by atoms with Crippen molar-refractivity contribution in [3.8, 4) is 0 Å². The van der Waals surface area contributed by atoms with Gasteiger partial charge < -0.3 is 10.2 Å². The molecule has 0 aromatic carbocycles. The van der Waals surface area contributed by atoms with Crippen LogP contribution in [0.25, 0.3) is 0 Å². The van der Waals surface area contributed by atoms with Gasteiger partial charge in [-0.05, 0) is 20.8 Å². The third kappa shape index (κ3) is 1.64. The van der Waals surface area contributed by atoms with E-state index in [4.69, 9.17) is 0 Å². The Balaban J connectivity index is 2.17. The molecule has 0 aliphatic carbocycles. The lowest BCUT2D eigenvalue weighted by molar-refractivity contribution is 0.417. The van der Waals surface area contributed by atoms with Crippen LogP contribution in [0.3, 0.4) is 0 Å². The fraction of sp³-hybridized carbons (Fsp3) is 0.700. The van der Waals surface area contributed by atoms with Crippen LogP contribution < -0.4 is 10.2 Å². The molecule has 1 aliphatic heterocycles. The molecule has 0 saturated carbocycles. The molecule has 1 aliphatic rings. The Labute approximate surface area is 89.1 Å². The van der Waals surface area contributed by atoms with Crippen molar-refractivity contribution in [3.05, 3.63) is 10.6 Å². The first-order valence-corrected chi connectivity index (χ1v) is 5.95. The Kier molecular flexibility index (Phi) is 2.74. The van der Waals surface area contributed by atoms with Crippen LogP contribution in [-0.2, 0) is 0 Å². The van der Waals surface area contributed by atoms with E-state index in [-0.39, 0.29) is 0 Å². The number of rotatable bonds is 3. The van der Waals surface area contributed by atoms with Crippen molar-refractivity contribution in [3.63, 3.8) is 0 Å². The number of hydrogen-bond acceptors (Lipinski definition) is 4. The van der Waals surface area contributed by atoms with E-state index >= 15 is 0 Å². The fourth-order valence-corrected chi connectivity index (χ4v) is 2.67. The summed E-state index contributed by atoms with van der Waals surface area (Å²) in [5.74, 6) is 0. The summed E-state index contributed by atoms with van der Waals surface area (Å²) in [5, 5.41) is 4.49. The van der Waals surface area contributed by atoms with Crippen LogP contribution in [0.2, 0.25) is 0 Å². The SMILES string of the molecule is CCN(c1nc(C)c(C)s1)C1CNC1. The molecule has 0 radical (unpaired) electrons. The van der Waals surface area contributed by atoms with E-state index in [2.05, 4.69) is 36.0 Å². The minimum atomic E-state index is 0.657. The van der Waals surface area contributed by atoms with Crippen LogP contribution in [0.5, 0.6) is 0 Å². The highest BCUT2D eigenvalue weighted by atomic mass is 32.1. The Morgan fingerprint density at radius 2 is 2.21 bits per heavy atom. The molecule has 1 aromatic rings. The summed E-state index contributed by atoms with van der Waals surface area (Å²) in [6, 6.07) is 0.657. The summed E-state index contributed by atoms with van der Waals surface area (Å²) in [6.45, 7) is 9.69. The van der Waals surface area contributed by atoms with Gasteiger partial charge in [-0.2, -0.15) is 0 Å². The molecule has 0 amide bonds. The number of aromatic nitrogens is 1. The van der Waals surface area contributed by atoms with E-state index < -0.39 is 0 Å². The van der Waals surface area contributed by atoms with Crippen molar-refractivity contribution in [1.82, 2.24) is 10.3 Å². The van der Waals surface area contributed by atoms with Crippen LogP contribution in [0, 0.1) is 13.8 Å². The smallest absolute Gasteiger partial charge is 0.186 e. The highest BCUT2D eigenvalue weighted by Gasteiger charge is 2.25. The molecule has 3 nitrogen and oxygen atoms in total. The lowest BCUT2D eigenvalue weighted by Crippen LogP contribution is -2.57. The average molecular weight is 211 g/mol. The highest BCUT2D eigenvalue weighted by Crippen LogP contribution is 2.27. The number of nitrogens with zero attached hydrogens (tertiary/aromatic N) is 2. The van der Waals surface area contributed by atoms with Crippen LogP contribution in [0.15, 0.2) is 0 Å². The number of thiazole rings is 1. The molecule has 1 saturated heterocycles. The summed E-state index contributed by atoms with van der Waals surface area (Å²) in [7, 11) is 0. The molecule has 0 unspecified atom stereocenters. The van der Waals surface area contributed by atoms with E-state index in [1.807, 2.05) is 11.3 Å². The van der Waals surface area contributed by atoms with Gasteiger partial charge in [0.25, 0.3) is 0 Å². The second-order valence-electron chi connectivity index (χ2n) is 3.74. The molecule has 1 aromatic heterocycles. The topological polar surface area (TPSA) is 28.2 Å². The van der Waals surface area contributed by atoms with Gasteiger partial charge in [0.05, 0.1) is 11.7 Å². The molecule has 0 bridgehead atoms. The minimum Gasteiger partial charge on any atom is -0.343 e. The summed E-state index contributed by atoms with van der Waals surface area (Å²) < 4.78 is 0. The predicted octanol–water partition coefficient (Wildman–Crippen LogP) is 1.56. The molecular formula is C10H17N3S. The fourth-order valence-electron chi connectivity index (χ4n) is 1.62. The highest BCUT2D eigenvalue weighted by molar-refractivity contribution is 7.15. The maximum absolute atomic E-state index is 4.60. The van der Waals surface area contributed by atoms with Crippen LogP contribution in [-0.4, -0.2) is 30.7 Å². The molecule has 2 rings (SSSR count). The van der Waals surface area contributed by atoms with Gasteiger partial charge in [-0.25, -0.2) is 4.98 Å². The van der Waals surface area contributed by atoms with Crippen LogP contribution >= 0.6 is 11.3 Å². The maximum Gasteiger partial charge on any atom is 0.186 e. The van der Waals surface area contributed by atoms with Crippen molar-refractivity contribution in [2.24, 2.45) is 0 Å². The predicted molar refractivity (Wildman–Crippen MR) is 61.3 cm³/mol. The number of hydrogen-bond donors (Lipinski definition) is 1. The quantitative estimate of drug-likeness (QED) is 0.822. The Morgan fingerprint density at radius 3 is 2.57 bits per heavy atom. The average Bonchev–Trinajstić information content (AvgIpc) is 2.39. The third-order valence-electron chi connectivity index (χ3n) is 2.80. The molecule has 2 heterocycles. The number of aryl methyl sites for hydroxylation is 2. The lowest BCUT2D eigenvalue weighted by atomic mass is 10.1. The lowest BCUT2D eigenvalue weighted by Gasteiger charge is -2.37. The first kappa shape index (κ1) is 9.93. The third-order valence-corrected chi connectivity index (χ3v) is 3.91. The van der Waals surface area contributed by atoms with Gasteiger partial charge in [0.15, 0.2) is 5.13 Å². The van der Waals surface area contributed by atoms with Crippen LogP contribution in [0.4, 0.5) is 5.13 Å². The van der Waals surface area contributed by atoms with Gasteiger partial charge in [0.1, 0.15) is 0 Å². The second kappa shape index (κ2) is 3.87. The summed E-state index contributed by atoms with van der Waals surface area (Å²) in [6.07, 6.45) is 0. The van der Waals surface area contributed by atoms with Gasteiger partial charge in [0, 0.05) is 24.5 Å². The minimum absolute atomic E-state index is 0.657. The van der Waals surface area contributed by atoms with Crippen molar-refractivity contribution < 1.29 is 0 Å². The van der Waals surface area contributed by atoms with Crippen molar-refractivity contribution >= 4 is 16.5 Å². The Hall–Kier alpha value is -0.610. The summed E-state index contributed by atoms with van der Waals surface area (Å²) in [4.78, 5) is 8.34. The zero-order chi connectivity index (χ0) is 10.1. The molecule has 4 heteroatoms. The number of likely N-dealkylation sites (N-methyl/N-ethyl adjacent to an activating group) is 1. The molecule has 0 spiro atoms. The summed E-state index contributed by atoms with van der Waals surface area (Å²) >= 11 is 1.81. The molecule has 1 N–H and O–H groups in total. The molecular weight excluding hydrogens is 194 g/mol. The summed E-state index contributed by atoms with van der Waals surface area (Å²) in [5.41, 5.74) is 1.18. The van der Waals surface area contributed by atoms with Crippen molar-refractivity contribution in [2.75, 3.05) is 24.5 Å². The van der Waals surface area contributed by atoms with E-state index in [0.717, 1.165) is 19.6 Å². The second-order valence-corrected chi connectivity index (χ2v) is 4.92. The monoisotopic (exact) mass is 211 g/mol. The largest absolute Gasteiger partial charge is 0.343 e. The van der Waals surface area contributed by atoms with Gasteiger partial charge in [-0.3, -0.25) is 0 Å². The molecule has 78 valence electrons. The number of anilines is 1. The van der Waals surface area contributed by atoms with Crippen LogP contribution in [0.1, 0.15) is 17.5 Å². The van der Waals surface area contributed by atoms with Crippen molar-refractivity contribution in [1.29, 1.82) is 0 Å². The van der Waals surface area contributed by atoms with E-state index in [1.165, 1.54) is 15.7 Å². The van der Waals surface area contributed by atoms with E-state index in [9.17, 15) is 0 Å². The zero-order valence-corrected chi connectivity index (χ0v) is 9.82. The first-order valence-electron chi connectivity index (χ1n) is 5.13. The van der Waals surface area contributed by atoms with Gasteiger partial charge in [0.2, 0.25) is 0 Å². The van der Waals surface area contributed by atoms with Gasteiger partial charge in [-0.1, -0.05) is 0 Å². The molecule has 14 heavy (non-hydrogen) atoms. The Bertz CT molecular complexity index is 298. The van der Waals surface area contributed by atoms with Gasteiger partial charge >= 0.3 is 0 Å². The zero-order valence-electron chi connectivity index (χ0n) is 9.00. The molecule has 0 atom stereocenters. The standard InChI is InChI=1S/C10H17N3S/c1-4-13(9-5-11-6-9)10-12-7(2)8(3)14-10/h9,11H,4-6H2,1-3H3. The maximum atomic E-state index is 4.60. The van der Waals surface area contributed by atoms with E-state index in [1.54, 1.807) is 0 Å².